The molecule has 0 bridgehead atoms. The number of rotatable bonds is 6. The molecule has 0 atom stereocenters. The van der Waals surface area contributed by atoms with Crippen molar-refractivity contribution in [2.24, 2.45) is 5.73 Å². The van der Waals surface area contributed by atoms with E-state index in [4.69, 9.17) is 10.7 Å². The van der Waals surface area contributed by atoms with E-state index < -0.39 is 0 Å². The first-order valence-electron chi connectivity index (χ1n) is 13.0. The first-order chi connectivity index (χ1) is 17.5. The number of aromatic nitrogens is 4. The van der Waals surface area contributed by atoms with Gasteiger partial charge in [0.05, 0.1) is 0 Å². The number of nitrogens with zero attached hydrogens (tertiary/aromatic N) is 5. The van der Waals surface area contributed by atoms with Gasteiger partial charge in [-0.15, -0.1) is 0 Å². The van der Waals surface area contributed by atoms with Gasteiger partial charge in [0, 0.05) is 52.5 Å². The minimum Gasteiger partial charge on any atom is -0.347 e. The Balaban J connectivity index is 1.28. The molecule has 2 fully saturated rings. The third-order valence-electron chi connectivity index (χ3n) is 8.06. The van der Waals surface area contributed by atoms with Crippen molar-refractivity contribution in [2.45, 2.75) is 75.9 Å². The van der Waals surface area contributed by atoms with Crippen LogP contribution in [0.1, 0.15) is 69.4 Å². The number of nitrogens with one attached hydrogen (secondary N) is 1. The van der Waals surface area contributed by atoms with Gasteiger partial charge in [-0.25, -0.2) is 4.98 Å². The van der Waals surface area contributed by atoms with Crippen LogP contribution in [0, 0.1) is 11.3 Å². The lowest BCUT2D eigenvalue weighted by molar-refractivity contribution is 0.381. The van der Waals surface area contributed by atoms with E-state index >= 15 is 0 Å². The fourth-order valence-corrected chi connectivity index (χ4v) is 6.04. The number of nitrogens with two attached hydrogens (primary N) is 1. The highest BCUT2D eigenvalue weighted by Crippen LogP contribution is 2.32. The van der Waals surface area contributed by atoms with E-state index in [1.165, 1.54) is 18.4 Å². The molecule has 0 spiro atoms. The average Bonchev–Trinajstić information content (AvgIpc) is 3.64. The van der Waals surface area contributed by atoms with E-state index in [1.54, 1.807) is 16.8 Å². The van der Waals surface area contributed by atoms with Crippen molar-refractivity contribution in [1.82, 2.24) is 19.1 Å². The van der Waals surface area contributed by atoms with Crippen LogP contribution in [0.4, 0.5) is 11.6 Å². The largest absolute Gasteiger partial charge is 0.347 e. The van der Waals surface area contributed by atoms with Crippen LogP contribution in [0.25, 0.3) is 21.9 Å². The average molecular weight is 482 g/mol. The van der Waals surface area contributed by atoms with Gasteiger partial charge < -0.3 is 15.6 Å². The summed E-state index contributed by atoms with van der Waals surface area (Å²) in [6, 6.07) is 12.1. The highest BCUT2D eigenvalue weighted by Gasteiger charge is 2.28. The molecule has 0 amide bonds. The number of hydrogen-bond acceptors (Lipinski definition) is 6. The Morgan fingerprint density at radius 1 is 1.11 bits per heavy atom. The summed E-state index contributed by atoms with van der Waals surface area (Å²) < 4.78 is 4.00. The van der Waals surface area contributed by atoms with Crippen molar-refractivity contribution in [1.29, 1.82) is 5.26 Å². The molecule has 0 saturated heterocycles. The summed E-state index contributed by atoms with van der Waals surface area (Å²) >= 11 is 0. The van der Waals surface area contributed by atoms with Crippen LogP contribution in [0.2, 0.25) is 0 Å². The van der Waals surface area contributed by atoms with Crippen LogP contribution in [0.5, 0.6) is 0 Å². The van der Waals surface area contributed by atoms with E-state index in [0.717, 1.165) is 62.6 Å². The zero-order chi connectivity index (χ0) is 24.7. The first-order valence-corrected chi connectivity index (χ1v) is 13.0. The maximum Gasteiger partial charge on any atom is 0.270 e. The number of hydrogen-bond donors (Lipinski definition) is 2. The molecule has 1 aromatic carbocycles. The van der Waals surface area contributed by atoms with Gasteiger partial charge >= 0.3 is 0 Å². The molecule has 4 aromatic rings. The molecule has 2 aliphatic carbocycles. The van der Waals surface area contributed by atoms with Crippen LogP contribution >= 0.6 is 0 Å². The predicted octanol–water partition coefficient (Wildman–Crippen LogP) is 5.14. The fourth-order valence-electron chi connectivity index (χ4n) is 6.04. The lowest BCUT2D eigenvalue weighted by atomic mass is 9.95. The van der Waals surface area contributed by atoms with Crippen molar-refractivity contribution < 1.29 is 0 Å². The molecule has 0 aliphatic heterocycles. The summed E-state index contributed by atoms with van der Waals surface area (Å²) in [6.45, 7) is 0.921. The van der Waals surface area contributed by atoms with Crippen molar-refractivity contribution in [3.05, 3.63) is 58.6 Å². The molecule has 184 valence electrons. The second kappa shape index (κ2) is 9.07. The smallest absolute Gasteiger partial charge is 0.270 e. The van der Waals surface area contributed by atoms with Gasteiger partial charge in [0.2, 0.25) is 5.95 Å². The van der Waals surface area contributed by atoms with Crippen LogP contribution in [-0.2, 0) is 6.54 Å². The van der Waals surface area contributed by atoms with Gasteiger partial charge in [-0.3, -0.25) is 9.36 Å². The van der Waals surface area contributed by atoms with Gasteiger partial charge in [-0.2, -0.15) is 10.2 Å². The quantitative estimate of drug-likeness (QED) is 0.394. The van der Waals surface area contributed by atoms with Crippen molar-refractivity contribution in [3.8, 4) is 6.07 Å². The molecule has 3 aromatic heterocycles. The highest BCUT2D eigenvalue weighted by atomic mass is 16.1. The number of benzene rings is 1. The summed E-state index contributed by atoms with van der Waals surface area (Å²) in [6.07, 6.45) is 13.6. The molecule has 8 heteroatoms. The highest BCUT2D eigenvalue weighted by molar-refractivity contribution is 5.85. The van der Waals surface area contributed by atoms with Gasteiger partial charge in [-0.05, 0) is 62.4 Å². The summed E-state index contributed by atoms with van der Waals surface area (Å²) in [5.74, 6) is 0.434. The Morgan fingerprint density at radius 2 is 1.92 bits per heavy atom. The Morgan fingerprint density at radius 3 is 2.69 bits per heavy atom. The molecular weight excluding hydrogens is 450 g/mol. The van der Waals surface area contributed by atoms with Crippen molar-refractivity contribution in [2.75, 3.05) is 5.32 Å². The maximum atomic E-state index is 13.0. The molecule has 6 rings (SSSR count). The molecule has 0 unspecified atom stereocenters. The number of nitriles is 1. The van der Waals surface area contributed by atoms with E-state index in [0.29, 0.717) is 17.0 Å². The summed E-state index contributed by atoms with van der Waals surface area (Å²) in [4.78, 5) is 22.2. The minimum atomic E-state index is -0.263. The molecular formula is C28H31N7O. The molecule has 2 aliphatic rings. The zero-order valence-corrected chi connectivity index (χ0v) is 20.4. The third-order valence-corrected chi connectivity index (χ3v) is 8.06. The van der Waals surface area contributed by atoms with E-state index in [1.807, 2.05) is 12.1 Å². The predicted molar refractivity (Wildman–Crippen MR) is 141 cm³/mol. The van der Waals surface area contributed by atoms with Crippen LogP contribution < -0.4 is 16.6 Å². The van der Waals surface area contributed by atoms with E-state index in [9.17, 15) is 10.1 Å². The monoisotopic (exact) mass is 481 g/mol. The normalized spacial score (nSPS) is 17.7. The topological polar surface area (TPSA) is 115 Å². The second-order valence-electron chi connectivity index (χ2n) is 10.5. The third kappa shape index (κ3) is 4.14. The lowest BCUT2D eigenvalue weighted by Gasteiger charge is -2.23. The van der Waals surface area contributed by atoms with Crippen molar-refractivity contribution >= 4 is 33.6 Å². The Hall–Kier alpha value is -3.70. The number of fused-ring (bicyclic) bond motifs is 2. The van der Waals surface area contributed by atoms with Crippen LogP contribution in [0.15, 0.2) is 47.5 Å². The SMILES string of the molecule is N#Cc1cc2cnc(Nc3ccc4c(ccn4CCC4(N)CCCC4)c3)nc2n(C2CCCC2)c1=O. The van der Waals surface area contributed by atoms with E-state index in [2.05, 4.69) is 39.3 Å². The van der Waals surface area contributed by atoms with Gasteiger partial charge in [0.1, 0.15) is 17.3 Å². The number of aryl methyl sites for hydroxylation is 1. The molecule has 0 radical (unpaired) electrons. The number of pyridine rings is 1. The summed E-state index contributed by atoms with van der Waals surface area (Å²) in [5, 5.41) is 14.6. The van der Waals surface area contributed by atoms with Crippen molar-refractivity contribution in [3.63, 3.8) is 0 Å². The lowest BCUT2D eigenvalue weighted by Crippen LogP contribution is -2.37. The second-order valence-corrected chi connectivity index (χ2v) is 10.5. The molecule has 2 saturated carbocycles. The number of anilines is 2. The van der Waals surface area contributed by atoms with Gasteiger partial charge in [0.15, 0.2) is 0 Å². The Bertz CT molecular complexity index is 1530. The molecule has 8 nitrogen and oxygen atoms in total. The van der Waals surface area contributed by atoms with Gasteiger partial charge in [-0.1, -0.05) is 25.7 Å². The summed E-state index contributed by atoms with van der Waals surface area (Å²) in [7, 11) is 0. The minimum absolute atomic E-state index is 0.0150. The Kier molecular flexibility index (Phi) is 5.73. The van der Waals surface area contributed by atoms with Crippen LogP contribution in [0.3, 0.4) is 0 Å². The molecule has 36 heavy (non-hydrogen) atoms. The standard InChI is InChI=1S/C28H31N7O/c29-17-20-15-21-18-31-27(33-25(21)35(26(20)36)23-5-1-2-6-23)32-22-7-8-24-19(16-22)9-13-34(24)14-12-28(30)10-3-4-11-28/h7-9,13,15-16,18,23H,1-6,10-12,14,30H2,(H,31,32,33). The Labute approximate surface area is 209 Å². The van der Waals surface area contributed by atoms with Crippen LogP contribution in [-0.4, -0.2) is 24.6 Å². The zero-order valence-electron chi connectivity index (χ0n) is 20.4. The van der Waals surface area contributed by atoms with E-state index in [-0.39, 0.29) is 22.7 Å². The van der Waals surface area contributed by atoms with Gasteiger partial charge in [0.25, 0.3) is 5.56 Å². The first kappa shape index (κ1) is 22.7. The fraction of sp³-hybridized carbons (Fsp3) is 0.429. The maximum absolute atomic E-state index is 13.0. The summed E-state index contributed by atoms with van der Waals surface area (Å²) in [5.41, 5.74) is 9.08. The molecule has 3 heterocycles. The molecule has 3 N–H and O–H groups in total.